The fraction of sp³-hybridized carbons (Fsp3) is 0.300. The Hall–Kier alpha value is -3.20. The van der Waals surface area contributed by atoms with Crippen LogP contribution in [0.25, 0.3) is 10.8 Å². The maximum Gasteiger partial charge on any atom is 0.254 e. The highest BCUT2D eigenvalue weighted by molar-refractivity contribution is 14.1. The van der Waals surface area contributed by atoms with E-state index in [9.17, 15) is 9.59 Å². The molecule has 4 aliphatic carbocycles. The summed E-state index contributed by atoms with van der Waals surface area (Å²) in [6.07, 6.45) is 7.06. The van der Waals surface area contributed by atoms with E-state index in [4.69, 9.17) is 9.47 Å². The molecule has 6 nitrogen and oxygen atoms in total. The molecule has 3 aromatic rings. The summed E-state index contributed by atoms with van der Waals surface area (Å²) < 4.78 is 12.7. The number of hydrogen-bond acceptors (Lipinski definition) is 5. The summed E-state index contributed by atoms with van der Waals surface area (Å²) in [5.41, 5.74) is 1.83. The second-order valence-electron chi connectivity index (χ2n) is 10.3. The normalized spacial score (nSPS) is 29.2. The number of carbonyl (C=O) groups excluding carboxylic acids is 2. The van der Waals surface area contributed by atoms with Gasteiger partial charge in [-0.2, -0.15) is 10.1 Å². The molecule has 0 N–H and O–H groups in total. The van der Waals surface area contributed by atoms with Crippen molar-refractivity contribution >= 4 is 51.4 Å². The lowest BCUT2D eigenvalue weighted by Crippen LogP contribution is -2.40. The van der Waals surface area contributed by atoms with Crippen LogP contribution in [-0.4, -0.2) is 30.1 Å². The predicted octanol–water partition coefficient (Wildman–Crippen LogP) is 5.42. The third-order valence-electron chi connectivity index (χ3n) is 8.47. The van der Waals surface area contributed by atoms with E-state index in [-0.39, 0.29) is 35.5 Å². The Morgan fingerprint density at radius 1 is 1.00 bits per heavy atom. The highest BCUT2D eigenvalue weighted by Gasteiger charge is 2.67. The third kappa shape index (κ3) is 3.61. The van der Waals surface area contributed by atoms with Crippen molar-refractivity contribution in [1.82, 2.24) is 5.01 Å². The average molecular weight is 604 g/mol. The van der Waals surface area contributed by atoms with E-state index in [0.29, 0.717) is 29.9 Å². The molecule has 0 aromatic heterocycles. The van der Waals surface area contributed by atoms with Crippen molar-refractivity contribution in [2.24, 2.45) is 40.6 Å². The number of imide groups is 1. The summed E-state index contributed by atoms with van der Waals surface area (Å²) in [6.45, 7) is 0.402. The number of fused-ring (bicyclic) bond motifs is 1. The van der Waals surface area contributed by atoms with E-state index in [0.717, 1.165) is 31.5 Å². The molecule has 6 atom stereocenters. The van der Waals surface area contributed by atoms with Gasteiger partial charge in [-0.3, -0.25) is 9.59 Å². The molecule has 3 fully saturated rings. The van der Waals surface area contributed by atoms with E-state index < -0.39 is 0 Å². The quantitative estimate of drug-likeness (QED) is 0.163. The molecule has 1 heterocycles. The number of amides is 2. The molecule has 0 unspecified atom stereocenters. The van der Waals surface area contributed by atoms with Crippen molar-refractivity contribution in [2.45, 2.75) is 13.0 Å². The first kappa shape index (κ1) is 23.0. The topological polar surface area (TPSA) is 68.2 Å². The minimum atomic E-state index is -0.247. The maximum absolute atomic E-state index is 13.2. The SMILES string of the molecule is COc1cc(C=NN2C(=O)[C@@H]3[C@H]4C=C[C@@H]([C@@H]5C[C@H]45)[C@@H]3C2=O)cc(I)c1OCc1cccc2ccccc12. The van der Waals surface area contributed by atoms with Crippen LogP contribution in [0.1, 0.15) is 17.5 Å². The highest BCUT2D eigenvalue weighted by Crippen LogP contribution is 2.65. The van der Waals surface area contributed by atoms with Gasteiger partial charge < -0.3 is 9.47 Å². The molecule has 1 saturated heterocycles. The molecule has 37 heavy (non-hydrogen) atoms. The predicted molar refractivity (Wildman–Crippen MR) is 148 cm³/mol. The minimum absolute atomic E-state index is 0.160. The number of allylic oxidation sites excluding steroid dienone is 2. The van der Waals surface area contributed by atoms with Crippen LogP contribution in [0.5, 0.6) is 11.5 Å². The summed E-state index contributed by atoms with van der Waals surface area (Å²) in [5.74, 6) is 1.93. The van der Waals surface area contributed by atoms with E-state index in [2.05, 4.69) is 64.1 Å². The molecule has 2 amide bonds. The number of nitrogens with zero attached hydrogens (tertiary/aromatic N) is 2. The first-order chi connectivity index (χ1) is 18.0. The van der Waals surface area contributed by atoms with Gasteiger partial charge in [-0.15, -0.1) is 0 Å². The van der Waals surface area contributed by atoms with Crippen molar-refractivity contribution in [2.75, 3.05) is 7.11 Å². The Morgan fingerprint density at radius 3 is 2.43 bits per heavy atom. The van der Waals surface area contributed by atoms with Crippen LogP contribution in [-0.2, 0) is 16.2 Å². The van der Waals surface area contributed by atoms with E-state index in [1.807, 2.05) is 30.3 Å². The van der Waals surface area contributed by atoms with Gasteiger partial charge in [0.25, 0.3) is 11.8 Å². The van der Waals surface area contributed by atoms with Crippen molar-refractivity contribution in [3.8, 4) is 11.5 Å². The smallest absolute Gasteiger partial charge is 0.254 e. The molecule has 5 aliphatic rings. The van der Waals surface area contributed by atoms with Gasteiger partial charge in [0, 0.05) is 0 Å². The largest absolute Gasteiger partial charge is 0.493 e. The van der Waals surface area contributed by atoms with Crippen molar-refractivity contribution in [3.63, 3.8) is 0 Å². The third-order valence-corrected chi connectivity index (χ3v) is 9.27. The molecule has 2 saturated carbocycles. The Kier molecular flexibility index (Phi) is 5.39. The fourth-order valence-electron chi connectivity index (χ4n) is 6.70. The van der Waals surface area contributed by atoms with Crippen LogP contribution in [0.15, 0.2) is 71.9 Å². The molecule has 8 rings (SSSR count). The van der Waals surface area contributed by atoms with Crippen molar-refractivity contribution in [3.05, 3.63) is 81.4 Å². The van der Waals surface area contributed by atoms with Gasteiger partial charge >= 0.3 is 0 Å². The first-order valence-electron chi connectivity index (χ1n) is 12.6. The molecular weight excluding hydrogens is 579 g/mol. The molecule has 3 aromatic carbocycles. The number of carbonyl (C=O) groups is 2. The molecular formula is C30H25IN2O4. The Labute approximate surface area is 228 Å². The van der Waals surface area contributed by atoms with E-state index >= 15 is 0 Å². The van der Waals surface area contributed by atoms with Gasteiger partial charge in [-0.25, -0.2) is 0 Å². The number of ether oxygens (including phenoxy) is 2. The number of halogens is 1. The van der Waals surface area contributed by atoms with E-state index in [1.54, 1.807) is 13.3 Å². The van der Waals surface area contributed by atoms with Crippen molar-refractivity contribution in [1.29, 1.82) is 0 Å². The van der Waals surface area contributed by atoms with Crippen molar-refractivity contribution < 1.29 is 19.1 Å². The van der Waals surface area contributed by atoms with Gasteiger partial charge in [0.1, 0.15) is 6.61 Å². The van der Waals surface area contributed by atoms with Crippen LogP contribution in [0, 0.1) is 39.1 Å². The maximum atomic E-state index is 13.2. The van der Waals surface area contributed by atoms with Crippen LogP contribution >= 0.6 is 22.6 Å². The summed E-state index contributed by atoms with van der Waals surface area (Å²) in [7, 11) is 1.60. The zero-order valence-corrected chi connectivity index (χ0v) is 22.4. The van der Waals surface area contributed by atoms with Crippen LogP contribution < -0.4 is 9.47 Å². The summed E-state index contributed by atoms with van der Waals surface area (Å²) in [4.78, 5) is 26.4. The standard InChI is InChI=1S/C30H25IN2O4/c1-36-25-12-16(11-24(31)28(25)37-15-18-7-4-6-17-5-2-3-8-19(17)18)14-32-33-29(34)26-20-9-10-21(23-13-22(20)23)27(26)30(33)35/h2-12,14,20-23,26-27H,13,15H2,1H3/t20-,21-,22-,23+,26-,27+/m0/s1. The monoisotopic (exact) mass is 604 g/mol. The number of hydrogen-bond donors (Lipinski definition) is 0. The Balaban J connectivity index is 1.11. The molecule has 7 heteroatoms. The zero-order valence-electron chi connectivity index (χ0n) is 20.2. The fourth-order valence-corrected chi connectivity index (χ4v) is 7.48. The highest BCUT2D eigenvalue weighted by atomic mass is 127. The van der Waals surface area contributed by atoms with Gasteiger partial charge in [0.2, 0.25) is 0 Å². The Morgan fingerprint density at radius 2 is 1.70 bits per heavy atom. The van der Waals surface area contributed by atoms with Gasteiger partial charge in [0.05, 0.1) is 28.7 Å². The van der Waals surface area contributed by atoms with Gasteiger partial charge in [-0.1, -0.05) is 54.6 Å². The average Bonchev–Trinajstić information content (AvgIpc) is 3.70. The lowest BCUT2D eigenvalue weighted by molar-refractivity contribution is -0.140. The molecule has 186 valence electrons. The molecule has 0 spiro atoms. The molecule has 2 bridgehead atoms. The van der Waals surface area contributed by atoms with Crippen LogP contribution in [0.3, 0.4) is 0 Å². The second kappa shape index (κ2) is 8.68. The van der Waals surface area contributed by atoms with Crippen LogP contribution in [0.2, 0.25) is 0 Å². The number of methoxy groups -OCH3 is 1. The van der Waals surface area contributed by atoms with Gasteiger partial charge in [0.15, 0.2) is 11.5 Å². The number of rotatable bonds is 6. The second-order valence-corrected chi connectivity index (χ2v) is 11.5. The first-order valence-corrected chi connectivity index (χ1v) is 13.7. The minimum Gasteiger partial charge on any atom is -0.493 e. The summed E-state index contributed by atoms with van der Waals surface area (Å²) in [5, 5.41) is 7.81. The molecule has 0 radical (unpaired) electrons. The van der Waals surface area contributed by atoms with Crippen LogP contribution in [0.4, 0.5) is 0 Å². The van der Waals surface area contributed by atoms with E-state index in [1.165, 1.54) is 5.39 Å². The lowest BCUT2D eigenvalue weighted by atomic mass is 9.63. The Bertz CT molecular complexity index is 1470. The lowest BCUT2D eigenvalue weighted by Gasteiger charge is -2.37. The summed E-state index contributed by atoms with van der Waals surface area (Å²) in [6, 6.07) is 18.2. The summed E-state index contributed by atoms with van der Waals surface area (Å²) >= 11 is 2.22. The number of hydrazone groups is 1. The molecule has 1 aliphatic heterocycles. The zero-order chi connectivity index (χ0) is 25.3. The van der Waals surface area contributed by atoms with Gasteiger partial charge in [-0.05, 0) is 86.7 Å². The number of benzene rings is 3.